The number of amides is 1. The van der Waals surface area contributed by atoms with Gasteiger partial charge in [-0.25, -0.2) is 4.79 Å². The number of rotatable bonds is 27. The van der Waals surface area contributed by atoms with E-state index in [0.29, 0.717) is 17.8 Å². The molecule has 0 aromatic carbocycles. The number of aliphatic hydroxyl groups is 1. The van der Waals surface area contributed by atoms with Crippen molar-refractivity contribution in [1.29, 1.82) is 0 Å². The lowest BCUT2D eigenvalue weighted by Gasteiger charge is -2.61. The number of nitrogens with one attached hydrogen (secondary N) is 1. The Morgan fingerprint density at radius 2 is 1.41 bits per heavy atom. The molecule has 7 unspecified atom stereocenters. The van der Waals surface area contributed by atoms with Crippen molar-refractivity contribution in [3.05, 3.63) is 0 Å². The molecule has 17 nitrogen and oxygen atoms in total. The first-order chi connectivity index (χ1) is 30.3. The Hall–Kier alpha value is -3.54. The average molecular weight is 909 g/mol. The molecule has 4 saturated carbocycles. The number of carbonyl (C=O) groups is 6. The Kier molecular flexibility index (Phi) is 20.6. The van der Waals surface area contributed by atoms with Crippen molar-refractivity contribution in [3.8, 4) is 0 Å². The number of fused-ring (bicyclic) bond motifs is 5. The number of ether oxygens (including phenoxy) is 3. The first-order valence-corrected chi connectivity index (χ1v) is 24.0. The minimum atomic E-state index is -1.37. The van der Waals surface area contributed by atoms with E-state index in [9.17, 15) is 49.2 Å². The van der Waals surface area contributed by atoms with Crippen LogP contribution in [0.2, 0.25) is 0 Å². The van der Waals surface area contributed by atoms with Gasteiger partial charge in [0.1, 0.15) is 12.7 Å². The van der Waals surface area contributed by atoms with Crippen LogP contribution in [0.1, 0.15) is 131 Å². The summed E-state index contributed by atoms with van der Waals surface area (Å²) in [6.07, 6.45) is 13.1. The van der Waals surface area contributed by atoms with Crippen molar-refractivity contribution in [1.82, 2.24) is 20.0 Å². The average Bonchev–Trinajstić information content (AvgIpc) is 3.58. The number of aliphatic hydroxyl groups excluding tert-OH is 1. The van der Waals surface area contributed by atoms with Crippen LogP contribution in [0.25, 0.3) is 0 Å². The lowest BCUT2D eigenvalue weighted by molar-refractivity contribution is -0.153. The summed E-state index contributed by atoms with van der Waals surface area (Å²) in [4.78, 5) is 76.5. The fourth-order valence-electron chi connectivity index (χ4n) is 12.6. The number of hydrogen-bond acceptors (Lipinski definition) is 13. The molecule has 10 atom stereocenters. The molecule has 366 valence electrons. The number of unbranched alkanes of at least 4 members (excludes halogenated alkanes) is 1. The predicted molar refractivity (Wildman–Crippen MR) is 237 cm³/mol. The van der Waals surface area contributed by atoms with Crippen molar-refractivity contribution in [2.24, 2.45) is 52.3 Å². The molecule has 4 fully saturated rings. The number of carboxylic acid groups (broad SMARTS) is 3. The van der Waals surface area contributed by atoms with Crippen LogP contribution >= 0.6 is 0 Å². The van der Waals surface area contributed by atoms with Crippen LogP contribution in [0.5, 0.6) is 0 Å². The van der Waals surface area contributed by atoms with Crippen LogP contribution in [0.4, 0.5) is 4.79 Å². The summed E-state index contributed by atoms with van der Waals surface area (Å²) in [5, 5.41) is 40.4. The molecule has 4 aliphatic carbocycles. The molecule has 0 saturated heterocycles. The highest BCUT2D eigenvalue weighted by molar-refractivity contribution is 5.78. The molecule has 0 aromatic rings. The van der Waals surface area contributed by atoms with E-state index in [2.05, 4.69) is 39.9 Å². The molecule has 0 bridgehead atoms. The molecular formula is C47H80N4O13. The van der Waals surface area contributed by atoms with E-state index in [1.54, 1.807) is 0 Å². The third-order valence-electron chi connectivity index (χ3n) is 15.9. The van der Waals surface area contributed by atoms with Gasteiger partial charge in [0.15, 0.2) is 0 Å². The first kappa shape index (κ1) is 53.1. The minimum absolute atomic E-state index is 0.0342. The second-order valence-electron chi connectivity index (χ2n) is 20.3. The zero-order chi connectivity index (χ0) is 47.2. The van der Waals surface area contributed by atoms with E-state index in [1.165, 1.54) is 69.7 Å². The largest absolute Gasteiger partial charge is 0.508 e. The summed E-state index contributed by atoms with van der Waals surface area (Å²) in [6, 6.07) is 0. The summed E-state index contributed by atoms with van der Waals surface area (Å²) >= 11 is 0. The molecule has 4 aliphatic rings. The van der Waals surface area contributed by atoms with Gasteiger partial charge in [0.05, 0.1) is 45.7 Å². The van der Waals surface area contributed by atoms with Gasteiger partial charge in [-0.2, -0.15) is 0 Å². The third kappa shape index (κ3) is 14.7. The SMILES string of the molecule is CNC(=O)CN(CCN(CO)CC(=O)O)C(COC(=O)CCCCOC(=O)OC1CC[C@@]2(C)C(CCC3C2CC[C@@]2(C)C3CCC2[C@H](C)CCCC(C)C)C1)N(CC(=O)O)CC(=O)O. The molecule has 4 rings (SSSR count). The molecule has 0 radical (unpaired) electrons. The highest BCUT2D eigenvalue weighted by Crippen LogP contribution is 2.68. The van der Waals surface area contributed by atoms with Gasteiger partial charge >= 0.3 is 30.0 Å². The van der Waals surface area contributed by atoms with Crippen molar-refractivity contribution >= 4 is 35.9 Å². The zero-order valence-corrected chi connectivity index (χ0v) is 39.5. The molecule has 5 N–H and O–H groups in total. The van der Waals surface area contributed by atoms with E-state index < -0.39 is 75.1 Å². The summed E-state index contributed by atoms with van der Waals surface area (Å²) in [6.45, 7) is 8.57. The van der Waals surface area contributed by atoms with E-state index in [-0.39, 0.29) is 50.6 Å². The number of nitrogens with zero attached hydrogens (tertiary/aromatic N) is 3. The Bertz CT molecular complexity index is 1550. The van der Waals surface area contributed by atoms with Crippen molar-refractivity contribution < 1.29 is 63.4 Å². The maximum atomic E-state index is 12.9. The van der Waals surface area contributed by atoms with Crippen LogP contribution in [-0.2, 0) is 38.2 Å². The van der Waals surface area contributed by atoms with E-state index in [4.69, 9.17) is 14.2 Å². The van der Waals surface area contributed by atoms with Crippen LogP contribution in [0, 0.1) is 52.3 Å². The van der Waals surface area contributed by atoms with Gasteiger partial charge in [0.25, 0.3) is 0 Å². The number of carbonyl (C=O) groups excluding carboxylic acids is 3. The van der Waals surface area contributed by atoms with Crippen molar-refractivity contribution in [3.63, 3.8) is 0 Å². The topological polar surface area (TPSA) is 233 Å². The van der Waals surface area contributed by atoms with Crippen molar-refractivity contribution in [2.45, 2.75) is 143 Å². The highest BCUT2D eigenvalue weighted by Gasteiger charge is 2.60. The van der Waals surface area contributed by atoms with E-state index >= 15 is 0 Å². The lowest BCUT2D eigenvalue weighted by Crippen LogP contribution is -2.57. The molecule has 17 heteroatoms. The fourth-order valence-corrected chi connectivity index (χ4v) is 12.6. The minimum Gasteiger partial charge on any atom is -0.480 e. The van der Waals surface area contributed by atoms with Crippen molar-refractivity contribution in [2.75, 3.05) is 66.3 Å². The normalized spacial score (nSPS) is 28.5. The molecule has 0 aromatic heterocycles. The van der Waals surface area contributed by atoms with Gasteiger partial charge in [-0.05, 0) is 123 Å². The Labute approximate surface area is 380 Å². The second-order valence-corrected chi connectivity index (χ2v) is 20.3. The lowest BCUT2D eigenvalue weighted by atomic mass is 9.44. The Balaban J connectivity index is 1.23. The summed E-state index contributed by atoms with van der Waals surface area (Å²) in [5.41, 5.74) is 0.720. The number of hydrogen-bond donors (Lipinski definition) is 5. The Morgan fingerprint density at radius 3 is 2.05 bits per heavy atom. The monoisotopic (exact) mass is 909 g/mol. The summed E-state index contributed by atoms with van der Waals surface area (Å²) in [5.74, 6) is 0.114. The summed E-state index contributed by atoms with van der Waals surface area (Å²) < 4.78 is 16.8. The number of aliphatic carboxylic acids is 3. The van der Waals surface area contributed by atoms with E-state index in [1.807, 2.05) is 0 Å². The van der Waals surface area contributed by atoms with Gasteiger partial charge < -0.3 is 40.0 Å². The zero-order valence-electron chi connectivity index (χ0n) is 39.5. The Morgan fingerprint density at radius 1 is 0.734 bits per heavy atom. The molecular weight excluding hydrogens is 829 g/mol. The fraction of sp³-hybridized carbons (Fsp3) is 0.872. The maximum absolute atomic E-state index is 12.9. The van der Waals surface area contributed by atoms with Gasteiger partial charge in [0.2, 0.25) is 5.91 Å². The molecule has 0 aliphatic heterocycles. The third-order valence-corrected chi connectivity index (χ3v) is 15.9. The molecule has 1 amide bonds. The van der Waals surface area contributed by atoms with Crippen LogP contribution in [0.3, 0.4) is 0 Å². The predicted octanol–water partition coefficient (Wildman–Crippen LogP) is 5.52. The van der Waals surface area contributed by atoms with Gasteiger partial charge in [-0.3, -0.25) is 38.7 Å². The quantitative estimate of drug-likeness (QED) is 0.0388. The van der Waals surface area contributed by atoms with Gasteiger partial charge in [-0.15, -0.1) is 0 Å². The van der Waals surface area contributed by atoms with Gasteiger partial charge in [0, 0.05) is 26.6 Å². The summed E-state index contributed by atoms with van der Waals surface area (Å²) in [7, 11) is 1.37. The van der Waals surface area contributed by atoms with E-state index in [0.717, 1.165) is 64.6 Å². The highest BCUT2D eigenvalue weighted by atomic mass is 16.7. The van der Waals surface area contributed by atoms with Crippen LogP contribution in [0.15, 0.2) is 0 Å². The molecule has 64 heavy (non-hydrogen) atoms. The first-order valence-electron chi connectivity index (χ1n) is 24.0. The molecule has 0 heterocycles. The number of likely N-dealkylation sites (N-methyl/N-ethyl adjacent to an activating group) is 1. The van der Waals surface area contributed by atoms with Crippen LogP contribution < -0.4 is 5.32 Å². The standard InChI is InChI=1S/C47H80N4O13/c1-31(2)10-9-11-32(3)36-15-16-37-35-14-13-33-24-34(17-19-46(33,4)38(35)18-20-47(36,37)5)64-45(61)62-23-8-7-12-44(60)63-29-40(51(27-42(56)57)28-43(58)59)50(25-39(53)48-6)22-21-49(30-52)26-41(54)55/h31-38,40,52H,7-30H2,1-6H3,(H,48,53)(H,54,55)(H,56,57)(H,58,59)/t32-,33?,34?,35?,36?,37?,38?,40?,46+,47-/m1/s1. The second kappa shape index (κ2) is 24.8. The van der Waals surface area contributed by atoms with Crippen LogP contribution in [-0.4, -0.2) is 150 Å². The van der Waals surface area contributed by atoms with Gasteiger partial charge in [-0.1, -0.05) is 53.9 Å². The smallest absolute Gasteiger partial charge is 0.480 e. The maximum Gasteiger partial charge on any atom is 0.508 e. The molecule has 0 spiro atoms. The number of carboxylic acids is 3. The number of esters is 1.